The first-order chi connectivity index (χ1) is 7.39. The molecule has 4 N–H and O–H groups in total. The number of nitrogens with one attached hydrogen (secondary N) is 1. The highest BCUT2D eigenvalue weighted by molar-refractivity contribution is 4.83. The molecule has 1 atom stereocenters. The summed E-state index contributed by atoms with van der Waals surface area (Å²) in [7, 11) is 0. The van der Waals surface area contributed by atoms with Crippen molar-refractivity contribution in [2.75, 3.05) is 6.54 Å². The van der Waals surface area contributed by atoms with E-state index < -0.39 is 5.60 Å². The van der Waals surface area contributed by atoms with E-state index in [1.165, 1.54) is 0 Å². The lowest BCUT2D eigenvalue weighted by Gasteiger charge is -2.31. The van der Waals surface area contributed by atoms with Crippen LogP contribution in [-0.2, 0) is 0 Å². The number of hydrogen-bond donors (Lipinski definition) is 3. The van der Waals surface area contributed by atoms with Crippen molar-refractivity contribution in [2.24, 2.45) is 11.7 Å². The molecule has 96 valence electrons. The fraction of sp³-hybridized carbons (Fsp3) is 1.00. The van der Waals surface area contributed by atoms with Crippen LogP contribution in [0.1, 0.15) is 52.9 Å². The van der Waals surface area contributed by atoms with Crippen LogP contribution in [0.5, 0.6) is 0 Å². The molecule has 3 nitrogen and oxygen atoms in total. The summed E-state index contributed by atoms with van der Waals surface area (Å²) in [6.45, 7) is 6.92. The van der Waals surface area contributed by atoms with Gasteiger partial charge in [0.05, 0.1) is 5.60 Å². The van der Waals surface area contributed by atoms with Crippen LogP contribution in [0.15, 0.2) is 0 Å². The highest BCUT2D eigenvalue weighted by Crippen LogP contribution is 2.19. The molecular formula is C13H28N2O. The standard InChI is InChI=1S/C13H28N2O/c1-10(2)8-13(3,16)9-15-12-6-4-11(14)5-7-12/h10-12,15-16H,4-9,14H2,1-3H3. The first-order valence-corrected chi connectivity index (χ1v) is 6.60. The van der Waals surface area contributed by atoms with Gasteiger partial charge < -0.3 is 16.2 Å². The molecule has 0 saturated heterocycles. The van der Waals surface area contributed by atoms with Gasteiger partial charge in [-0.2, -0.15) is 0 Å². The Bertz CT molecular complexity index is 196. The summed E-state index contributed by atoms with van der Waals surface area (Å²) in [4.78, 5) is 0. The maximum Gasteiger partial charge on any atom is 0.0746 e. The second kappa shape index (κ2) is 5.99. The predicted molar refractivity (Wildman–Crippen MR) is 68.3 cm³/mol. The highest BCUT2D eigenvalue weighted by Gasteiger charge is 2.24. The third-order valence-electron chi connectivity index (χ3n) is 3.39. The minimum atomic E-state index is -0.576. The van der Waals surface area contributed by atoms with E-state index in [2.05, 4.69) is 19.2 Å². The quantitative estimate of drug-likeness (QED) is 0.670. The SMILES string of the molecule is CC(C)CC(C)(O)CNC1CCC(N)CC1. The number of nitrogens with two attached hydrogens (primary N) is 1. The predicted octanol–water partition coefficient (Wildman–Crippen LogP) is 1.64. The summed E-state index contributed by atoms with van der Waals surface area (Å²) in [6.07, 6.45) is 5.39. The van der Waals surface area contributed by atoms with Crippen LogP contribution in [0.3, 0.4) is 0 Å². The van der Waals surface area contributed by atoms with Gasteiger partial charge in [-0.15, -0.1) is 0 Å². The number of aliphatic hydroxyl groups is 1. The summed E-state index contributed by atoms with van der Waals surface area (Å²) >= 11 is 0. The zero-order chi connectivity index (χ0) is 12.2. The van der Waals surface area contributed by atoms with Crippen LogP contribution in [0.4, 0.5) is 0 Å². The molecule has 1 rings (SSSR count). The number of hydrogen-bond acceptors (Lipinski definition) is 3. The van der Waals surface area contributed by atoms with E-state index in [0.717, 1.165) is 32.1 Å². The molecule has 0 radical (unpaired) electrons. The monoisotopic (exact) mass is 228 g/mol. The van der Waals surface area contributed by atoms with Crippen LogP contribution in [-0.4, -0.2) is 29.3 Å². The lowest BCUT2D eigenvalue weighted by Crippen LogP contribution is -2.45. The van der Waals surface area contributed by atoms with E-state index in [0.29, 0.717) is 24.5 Å². The van der Waals surface area contributed by atoms with Crippen LogP contribution in [0, 0.1) is 5.92 Å². The van der Waals surface area contributed by atoms with Crippen LogP contribution >= 0.6 is 0 Å². The van der Waals surface area contributed by atoms with Crippen molar-refractivity contribution < 1.29 is 5.11 Å². The van der Waals surface area contributed by atoms with Crippen molar-refractivity contribution in [3.63, 3.8) is 0 Å². The van der Waals surface area contributed by atoms with Gasteiger partial charge in [0.15, 0.2) is 0 Å². The zero-order valence-corrected chi connectivity index (χ0v) is 11.0. The molecule has 1 aliphatic rings. The first-order valence-electron chi connectivity index (χ1n) is 6.60. The Labute approximate surface area is 99.8 Å². The fourth-order valence-corrected chi connectivity index (χ4v) is 2.64. The van der Waals surface area contributed by atoms with E-state index in [9.17, 15) is 5.11 Å². The van der Waals surface area contributed by atoms with Gasteiger partial charge in [-0.05, 0) is 44.9 Å². The van der Waals surface area contributed by atoms with Crippen molar-refractivity contribution in [1.82, 2.24) is 5.32 Å². The molecule has 1 unspecified atom stereocenters. The molecule has 1 aliphatic carbocycles. The van der Waals surface area contributed by atoms with Crippen molar-refractivity contribution in [3.05, 3.63) is 0 Å². The molecule has 0 aromatic rings. The Kier molecular flexibility index (Phi) is 5.22. The molecule has 0 bridgehead atoms. The van der Waals surface area contributed by atoms with E-state index >= 15 is 0 Å². The lowest BCUT2D eigenvalue weighted by atomic mass is 9.90. The van der Waals surface area contributed by atoms with Crippen LogP contribution in [0.25, 0.3) is 0 Å². The van der Waals surface area contributed by atoms with Gasteiger partial charge in [0.2, 0.25) is 0 Å². The van der Waals surface area contributed by atoms with Gasteiger partial charge >= 0.3 is 0 Å². The minimum Gasteiger partial charge on any atom is -0.389 e. The first kappa shape index (κ1) is 13.9. The Balaban J connectivity index is 2.23. The molecule has 1 fully saturated rings. The molecule has 3 heteroatoms. The molecule has 1 saturated carbocycles. The maximum absolute atomic E-state index is 10.2. The molecular weight excluding hydrogens is 200 g/mol. The van der Waals surface area contributed by atoms with Crippen molar-refractivity contribution in [1.29, 1.82) is 0 Å². The Morgan fingerprint density at radius 3 is 2.38 bits per heavy atom. The van der Waals surface area contributed by atoms with Gasteiger partial charge in [-0.1, -0.05) is 13.8 Å². The van der Waals surface area contributed by atoms with Crippen molar-refractivity contribution >= 4 is 0 Å². The summed E-state index contributed by atoms with van der Waals surface area (Å²) in [5.41, 5.74) is 5.29. The Hall–Kier alpha value is -0.120. The average Bonchev–Trinajstić information content (AvgIpc) is 2.15. The second-order valence-electron chi connectivity index (χ2n) is 6.09. The lowest BCUT2D eigenvalue weighted by molar-refractivity contribution is 0.0344. The number of rotatable bonds is 5. The van der Waals surface area contributed by atoms with E-state index in [1.54, 1.807) is 0 Å². The van der Waals surface area contributed by atoms with E-state index in [1.807, 2.05) is 6.92 Å². The highest BCUT2D eigenvalue weighted by atomic mass is 16.3. The van der Waals surface area contributed by atoms with Crippen LogP contribution < -0.4 is 11.1 Å². The molecule has 0 amide bonds. The molecule has 0 aliphatic heterocycles. The normalized spacial score (nSPS) is 30.4. The summed E-state index contributed by atoms with van der Waals surface area (Å²) in [6, 6.07) is 0.952. The van der Waals surface area contributed by atoms with Gasteiger partial charge in [0.1, 0.15) is 0 Å². The zero-order valence-electron chi connectivity index (χ0n) is 11.0. The van der Waals surface area contributed by atoms with E-state index in [-0.39, 0.29) is 0 Å². The topological polar surface area (TPSA) is 58.3 Å². The van der Waals surface area contributed by atoms with Crippen molar-refractivity contribution in [3.8, 4) is 0 Å². The third kappa shape index (κ3) is 5.28. The fourth-order valence-electron chi connectivity index (χ4n) is 2.64. The maximum atomic E-state index is 10.2. The van der Waals surface area contributed by atoms with Crippen LogP contribution in [0.2, 0.25) is 0 Å². The summed E-state index contributed by atoms with van der Waals surface area (Å²) < 4.78 is 0. The smallest absolute Gasteiger partial charge is 0.0746 e. The largest absolute Gasteiger partial charge is 0.389 e. The van der Waals surface area contributed by atoms with Gasteiger partial charge in [-0.25, -0.2) is 0 Å². The van der Waals surface area contributed by atoms with Gasteiger partial charge in [0.25, 0.3) is 0 Å². The van der Waals surface area contributed by atoms with E-state index in [4.69, 9.17) is 5.73 Å². The Morgan fingerprint density at radius 1 is 1.31 bits per heavy atom. The Morgan fingerprint density at radius 2 is 1.88 bits per heavy atom. The average molecular weight is 228 g/mol. The summed E-state index contributed by atoms with van der Waals surface area (Å²) in [5, 5.41) is 13.7. The molecule has 0 heterocycles. The molecule has 16 heavy (non-hydrogen) atoms. The molecule has 0 aromatic carbocycles. The van der Waals surface area contributed by atoms with Gasteiger partial charge in [0, 0.05) is 18.6 Å². The van der Waals surface area contributed by atoms with Gasteiger partial charge in [-0.3, -0.25) is 0 Å². The minimum absolute atomic E-state index is 0.397. The molecule has 0 aromatic heterocycles. The third-order valence-corrected chi connectivity index (χ3v) is 3.39. The second-order valence-corrected chi connectivity index (χ2v) is 6.09. The van der Waals surface area contributed by atoms with Crippen molar-refractivity contribution in [2.45, 2.75) is 70.6 Å². The summed E-state index contributed by atoms with van der Waals surface area (Å²) in [5.74, 6) is 0.538. The molecule has 0 spiro atoms.